The molecule has 0 saturated carbocycles. The Kier molecular flexibility index (Phi) is 7.28. The number of fused-ring (bicyclic) bond motifs is 1. The Labute approximate surface area is 217 Å². The summed E-state index contributed by atoms with van der Waals surface area (Å²) >= 11 is 6.06. The summed E-state index contributed by atoms with van der Waals surface area (Å²) in [6, 6.07) is 10.3. The summed E-state index contributed by atoms with van der Waals surface area (Å²) in [4.78, 5) is 24.0. The second-order valence-electron chi connectivity index (χ2n) is 7.98. The van der Waals surface area contributed by atoms with Gasteiger partial charge in [-0.05, 0) is 61.9 Å². The van der Waals surface area contributed by atoms with Gasteiger partial charge in [0, 0.05) is 28.4 Å². The highest BCUT2D eigenvalue weighted by molar-refractivity contribution is 7.93. The number of benzene rings is 3. The van der Waals surface area contributed by atoms with Crippen LogP contribution in [0.2, 0.25) is 5.02 Å². The fourth-order valence-electron chi connectivity index (χ4n) is 4.04. The van der Waals surface area contributed by atoms with Gasteiger partial charge in [0.1, 0.15) is 22.2 Å². The summed E-state index contributed by atoms with van der Waals surface area (Å²) in [5.41, 5.74) is 0.418. The molecule has 0 radical (unpaired) electrons. The van der Waals surface area contributed by atoms with Gasteiger partial charge in [-0.1, -0.05) is 11.6 Å². The average Bonchev–Trinajstić information content (AvgIpc) is 3.29. The SMILES string of the molecule is CCOc1cc(C(=O)Nc2ccc(C(=O)O)c(F)c2)cc2c1CCN2S(=O)(=O)c1cc(Cl)ccc1OC. The van der Waals surface area contributed by atoms with Crippen LogP contribution in [0.5, 0.6) is 11.5 Å². The van der Waals surface area contributed by atoms with Crippen molar-refractivity contribution in [2.24, 2.45) is 0 Å². The molecule has 12 heteroatoms. The number of carboxylic acids is 1. The molecule has 9 nitrogen and oxygen atoms in total. The normalized spacial score (nSPS) is 12.7. The third-order valence-corrected chi connectivity index (χ3v) is 7.80. The molecule has 3 aromatic rings. The van der Waals surface area contributed by atoms with Crippen molar-refractivity contribution in [1.29, 1.82) is 0 Å². The van der Waals surface area contributed by atoms with Gasteiger partial charge in [-0.15, -0.1) is 0 Å². The van der Waals surface area contributed by atoms with Gasteiger partial charge in [0.05, 0.1) is 25.0 Å². The van der Waals surface area contributed by atoms with Crippen molar-refractivity contribution in [2.45, 2.75) is 18.2 Å². The van der Waals surface area contributed by atoms with Gasteiger partial charge in [0.2, 0.25) is 0 Å². The van der Waals surface area contributed by atoms with Crippen molar-refractivity contribution in [3.05, 3.63) is 76.1 Å². The molecule has 0 aromatic heterocycles. The lowest BCUT2D eigenvalue weighted by Gasteiger charge is -2.22. The maximum absolute atomic E-state index is 14.1. The zero-order chi connectivity index (χ0) is 26.9. The number of carbonyl (C=O) groups excluding carboxylic acids is 1. The third-order valence-electron chi connectivity index (χ3n) is 5.73. The first-order valence-electron chi connectivity index (χ1n) is 11.1. The van der Waals surface area contributed by atoms with Crippen LogP contribution in [-0.4, -0.2) is 45.7 Å². The summed E-state index contributed by atoms with van der Waals surface area (Å²) in [7, 11) is -2.79. The zero-order valence-electron chi connectivity index (χ0n) is 19.7. The maximum atomic E-state index is 14.1. The van der Waals surface area contributed by atoms with Gasteiger partial charge in [-0.3, -0.25) is 9.10 Å². The number of nitrogens with zero attached hydrogens (tertiary/aromatic N) is 1. The highest BCUT2D eigenvalue weighted by Crippen LogP contribution is 2.41. The first kappa shape index (κ1) is 26.2. The van der Waals surface area contributed by atoms with Crippen LogP contribution >= 0.6 is 11.6 Å². The quantitative estimate of drug-likeness (QED) is 0.422. The Morgan fingerprint density at radius 3 is 2.54 bits per heavy atom. The van der Waals surface area contributed by atoms with Gasteiger partial charge in [-0.2, -0.15) is 0 Å². The van der Waals surface area contributed by atoms with Crippen molar-refractivity contribution in [1.82, 2.24) is 0 Å². The Morgan fingerprint density at radius 1 is 1.14 bits per heavy atom. The van der Waals surface area contributed by atoms with E-state index in [-0.39, 0.29) is 45.8 Å². The van der Waals surface area contributed by atoms with Gasteiger partial charge in [-0.25, -0.2) is 17.6 Å². The molecule has 2 N–H and O–H groups in total. The minimum absolute atomic E-state index is 0.0269. The van der Waals surface area contributed by atoms with E-state index in [1.807, 2.05) is 0 Å². The molecule has 3 aromatic carbocycles. The molecule has 0 atom stereocenters. The number of aromatic carboxylic acids is 1. The minimum Gasteiger partial charge on any atom is -0.495 e. The number of halogens is 2. The highest BCUT2D eigenvalue weighted by Gasteiger charge is 2.35. The molecular formula is C25H22ClFN2O7S. The number of ether oxygens (including phenoxy) is 2. The number of hydrogen-bond acceptors (Lipinski definition) is 6. The number of sulfonamides is 1. The highest BCUT2D eigenvalue weighted by atomic mass is 35.5. The van der Waals surface area contributed by atoms with Crippen LogP contribution < -0.4 is 19.1 Å². The number of methoxy groups -OCH3 is 1. The second kappa shape index (κ2) is 10.3. The van der Waals surface area contributed by atoms with E-state index in [1.165, 1.54) is 43.5 Å². The fourth-order valence-corrected chi connectivity index (χ4v) is 5.95. The monoisotopic (exact) mass is 548 g/mol. The summed E-state index contributed by atoms with van der Waals surface area (Å²) in [6.07, 6.45) is 0.344. The summed E-state index contributed by atoms with van der Waals surface area (Å²) in [6.45, 7) is 2.13. The van der Waals surface area contributed by atoms with Crippen molar-refractivity contribution >= 4 is 44.9 Å². The van der Waals surface area contributed by atoms with E-state index in [0.717, 1.165) is 16.4 Å². The lowest BCUT2D eigenvalue weighted by Crippen LogP contribution is -2.29. The molecule has 37 heavy (non-hydrogen) atoms. The maximum Gasteiger partial charge on any atom is 0.338 e. The lowest BCUT2D eigenvalue weighted by molar-refractivity contribution is 0.0691. The number of rotatable bonds is 8. The number of carbonyl (C=O) groups is 2. The number of amides is 1. The van der Waals surface area contributed by atoms with E-state index in [1.54, 1.807) is 6.92 Å². The van der Waals surface area contributed by atoms with Crippen molar-refractivity contribution in [3.63, 3.8) is 0 Å². The zero-order valence-corrected chi connectivity index (χ0v) is 21.3. The molecule has 0 fully saturated rings. The van der Waals surface area contributed by atoms with Crippen LogP contribution in [0.25, 0.3) is 0 Å². The molecule has 4 rings (SSSR count). The number of nitrogens with one attached hydrogen (secondary N) is 1. The fraction of sp³-hybridized carbons (Fsp3) is 0.200. The average molecular weight is 549 g/mol. The molecule has 0 aliphatic carbocycles. The van der Waals surface area contributed by atoms with Crippen LogP contribution in [-0.2, 0) is 16.4 Å². The number of anilines is 2. The van der Waals surface area contributed by atoms with E-state index in [9.17, 15) is 22.4 Å². The van der Waals surface area contributed by atoms with E-state index in [4.69, 9.17) is 26.2 Å². The Morgan fingerprint density at radius 2 is 1.89 bits per heavy atom. The molecule has 0 saturated heterocycles. The molecule has 0 bridgehead atoms. The molecular weight excluding hydrogens is 527 g/mol. The molecule has 1 heterocycles. The van der Waals surface area contributed by atoms with Crippen LogP contribution in [0.1, 0.15) is 33.2 Å². The minimum atomic E-state index is -4.14. The van der Waals surface area contributed by atoms with Crippen molar-refractivity contribution in [3.8, 4) is 11.5 Å². The number of hydrogen-bond donors (Lipinski definition) is 2. The van der Waals surface area contributed by atoms with Gasteiger partial charge in [0.25, 0.3) is 15.9 Å². The smallest absolute Gasteiger partial charge is 0.338 e. The standard InChI is InChI=1S/C25H22ClFN2O7S/c1-3-36-22-11-14(24(30)28-16-5-6-17(25(31)32)19(27)13-16)10-20-18(22)8-9-29(20)37(33,34)23-12-15(26)4-7-21(23)35-2/h4-7,10-13H,3,8-9H2,1-2H3,(H,28,30)(H,31,32). The largest absolute Gasteiger partial charge is 0.495 e. The molecule has 0 spiro atoms. The second-order valence-corrected chi connectivity index (χ2v) is 10.2. The first-order valence-corrected chi connectivity index (χ1v) is 12.9. The first-order chi connectivity index (χ1) is 17.6. The summed E-state index contributed by atoms with van der Waals surface area (Å²) in [5.74, 6) is -2.66. The van der Waals surface area contributed by atoms with Crippen molar-refractivity contribution < 1.29 is 37.0 Å². The van der Waals surface area contributed by atoms with Crippen LogP contribution in [0.4, 0.5) is 15.8 Å². The topological polar surface area (TPSA) is 122 Å². The summed E-state index contributed by atoms with van der Waals surface area (Å²) < 4.78 is 53.5. The molecule has 1 amide bonds. The Hall–Kier alpha value is -3.83. The van der Waals surface area contributed by atoms with Gasteiger partial charge >= 0.3 is 5.97 Å². The van der Waals surface area contributed by atoms with Crippen LogP contribution in [0.15, 0.2) is 53.4 Å². The molecule has 0 unspecified atom stereocenters. The molecule has 1 aliphatic heterocycles. The van der Waals surface area contributed by atoms with Gasteiger partial charge in [0.15, 0.2) is 0 Å². The molecule has 194 valence electrons. The van der Waals surface area contributed by atoms with E-state index >= 15 is 0 Å². The Bertz CT molecular complexity index is 1510. The van der Waals surface area contributed by atoms with E-state index in [0.29, 0.717) is 17.7 Å². The predicted octanol–water partition coefficient (Wildman–Crippen LogP) is 4.59. The van der Waals surface area contributed by atoms with E-state index in [2.05, 4.69) is 5.32 Å². The Balaban J connectivity index is 1.74. The van der Waals surface area contributed by atoms with Crippen LogP contribution in [0.3, 0.4) is 0 Å². The third kappa shape index (κ3) is 5.05. The van der Waals surface area contributed by atoms with Crippen LogP contribution in [0, 0.1) is 5.82 Å². The van der Waals surface area contributed by atoms with Gasteiger partial charge < -0.3 is 19.9 Å². The lowest BCUT2D eigenvalue weighted by atomic mass is 10.1. The van der Waals surface area contributed by atoms with Crippen molar-refractivity contribution in [2.75, 3.05) is 29.9 Å². The van der Waals surface area contributed by atoms with E-state index < -0.39 is 33.3 Å². The number of carboxylic acid groups (broad SMARTS) is 1. The predicted molar refractivity (Wildman–Crippen MR) is 135 cm³/mol. The summed E-state index contributed by atoms with van der Waals surface area (Å²) in [5, 5.41) is 11.7. The molecule has 1 aliphatic rings.